The van der Waals surface area contributed by atoms with E-state index in [0.29, 0.717) is 28.4 Å². The van der Waals surface area contributed by atoms with Gasteiger partial charge in [-0.2, -0.15) is 0 Å². The van der Waals surface area contributed by atoms with Crippen molar-refractivity contribution in [1.29, 1.82) is 0 Å². The molecule has 2 aromatic carbocycles. The fourth-order valence-corrected chi connectivity index (χ4v) is 2.30. The molecule has 0 bridgehead atoms. The maximum Gasteiger partial charge on any atom is 0.274 e. The van der Waals surface area contributed by atoms with Gasteiger partial charge in [-0.05, 0) is 43.7 Å². The minimum Gasteiger partial charge on any atom is -0.481 e. The maximum atomic E-state index is 12.4. The SMILES string of the molecule is CC[C@H](Oc1ccc(Cl)cc1)C(=O)Nc1cccc([N+](=O)[O-])c1C. The highest BCUT2D eigenvalue weighted by atomic mass is 35.5. The average molecular weight is 349 g/mol. The van der Waals surface area contributed by atoms with E-state index >= 15 is 0 Å². The zero-order chi connectivity index (χ0) is 17.7. The summed E-state index contributed by atoms with van der Waals surface area (Å²) in [5.74, 6) is 0.160. The second kappa shape index (κ2) is 7.79. The number of carbonyl (C=O) groups is 1. The van der Waals surface area contributed by atoms with Gasteiger partial charge in [-0.1, -0.05) is 24.6 Å². The topological polar surface area (TPSA) is 81.5 Å². The Morgan fingerprint density at radius 1 is 1.29 bits per heavy atom. The predicted octanol–water partition coefficient (Wildman–Crippen LogP) is 4.35. The Morgan fingerprint density at radius 2 is 1.96 bits per heavy atom. The highest BCUT2D eigenvalue weighted by molar-refractivity contribution is 6.30. The van der Waals surface area contributed by atoms with Gasteiger partial charge in [0.25, 0.3) is 11.6 Å². The quantitative estimate of drug-likeness (QED) is 0.621. The normalized spacial score (nSPS) is 11.6. The summed E-state index contributed by atoms with van der Waals surface area (Å²) in [5.41, 5.74) is 0.754. The first-order valence-electron chi connectivity index (χ1n) is 7.39. The smallest absolute Gasteiger partial charge is 0.274 e. The lowest BCUT2D eigenvalue weighted by Crippen LogP contribution is -2.32. The number of nitrogens with zero attached hydrogens (tertiary/aromatic N) is 1. The molecule has 1 atom stereocenters. The number of carbonyl (C=O) groups excluding carboxylic acids is 1. The Hall–Kier alpha value is -2.60. The van der Waals surface area contributed by atoms with E-state index in [2.05, 4.69) is 5.32 Å². The molecule has 0 heterocycles. The van der Waals surface area contributed by atoms with E-state index in [4.69, 9.17) is 16.3 Å². The number of ether oxygens (including phenoxy) is 1. The number of nitrogens with one attached hydrogen (secondary N) is 1. The molecule has 2 rings (SSSR count). The van der Waals surface area contributed by atoms with Crippen molar-refractivity contribution in [2.24, 2.45) is 0 Å². The number of rotatable bonds is 6. The molecule has 0 fully saturated rings. The third kappa shape index (κ3) is 4.23. The third-order valence-corrected chi connectivity index (χ3v) is 3.77. The summed E-state index contributed by atoms with van der Waals surface area (Å²) in [4.78, 5) is 22.9. The molecule has 1 amide bonds. The van der Waals surface area contributed by atoms with Crippen molar-refractivity contribution in [1.82, 2.24) is 0 Å². The maximum absolute atomic E-state index is 12.4. The van der Waals surface area contributed by atoms with Crippen LogP contribution in [0.1, 0.15) is 18.9 Å². The Morgan fingerprint density at radius 3 is 2.54 bits per heavy atom. The fraction of sp³-hybridized carbons (Fsp3) is 0.235. The summed E-state index contributed by atoms with van der Waals surface area (Å²) in [6.07, 6.45) is -0.271. The molecule has 1 N–H and O–H groups in total. The first-order chi connectivity index (χ1) is 11.4. The second-order valence-corrected chi connectivity index (χ2v) is 5.60. The van der Waals surface area contributed by atoms with Crippen molar-refractivity contribution >= 4 is 28.9 Å². The van der Waals surface area contributed by atoms with E-state index in [1.54, 1.807) is 37.3 Å². The number of hydrogen-bond acceptors (Lipinski definition) is 4. The van der Waals surface area contributed by atoms with Crippen molar-refractivity contribution in [2.75, 3.05) is 5.32 Å². The molecular weight excluding hydrogens is 332 g/mol. The Kier molecular flexibility index (Phi) is 5.76. The molecule has 0 saturated heterocycles. The van der Waals surface area contributed by atoms with Crippen LogP contribution in [0.4, 0.5) is 11.4 Å². The van der Waals surface area contributed by atoms with Crippen LogP contribution in [0.3, 0.4) is 0 Å². The number of halogens is 1. The van der Waals surface area contributed by atoms with Crippen molar-refractivity contribution in [3.63, 3.8) is 0 Å². The van der Waals surface area contributed by atoms with Crippen LogP contribution in [-0.4, -0.2) is 16.9 Å². The van der Waals surface area contributed by atoms with E-state index in [1.165, 1.54) is 12.1 Å². The van der Waals surface area contributed by atoms with E-state index in [1.807, 2.05) is 6.92 Å². The molecule has 0 aromatic heterocycles. The standard InChI is InChI=1S/C17H17ClN2O4/c1-3-16(24-13-9-7-12(18)8-10-13)17(21)19-14-5-4-6-15(11(14)2)20(22)23/h4-10,16H,3H2,1-2H3,(H,19,21)/t16-/m0/s1. The number of amides is 1. The van der Waals surface area contributed by atoms with Crippen LogP contribution in [0.15, 0.2) is 42.5 Å². The average Bonchev–Trinajstić information content (AvgIpc) is 2.55. The van der Waals surface area contributed by atoms with Gasteiger partial charge in [0.1, 0.15) is 5.75 Å². The highest BCUT2D eigenvalue weighted by Gasteiger charge is 2.21. The largest absolute Gasteiger partial charge is 0.481 e. The number of nitro benzene ring substituents is 1. The lowest BCUT2D eigenvalue weighted by Gasteiger charge is -2.18. The van der Waals surface area contributed by atoms with Crippen LogP contribution in [-0.2, 0) is 4.79 Å². The van der Waals surface area contributed by atoms with E-state index in [0.717, 1.165) is 0 Å². The molecule has 126 valence electrons. The van der Waals surface area contributed by atoms with E-state index in [-0.39, 0.29) is 11.6 Å². The molecule has 0 aliphatic rings. The number of benzene rings is 2. The summed E-state index contributed by atoms with van der Waals surface area (Å²) >= 11 is 5.82. The Labute approximate surface area is 144 Å². The predicted molar refractivity (Wildman–Crippen MR) is 92.6 cm³/mol. The zero-order valence-corrected chi connectivity index (χ0v) is 14.0. The van der Waals surface area contributed by atoms with Gasteiger partial charge < -0.3 is 10.1 Å². The molecule has 0 aliphatic carbocycles. The minimum absolute atomic E-state index is 0.0422. The molecular formula is C17H17ClN2O4. The van der Waals surface area contributed by atoms with Crippen molar-refractivity contribution in [3.8, 4) is 5.75 Å². The summed E-state index contributed by atoms with van der Waals surface area (Å²) in [6.45, 7) is 3.41. The Bertz CT molecular complexity index is 747. The second-order valence-electron chi connectivity index (χ2n) is 5.16. The molecule has 7 heteroatoms. The van der Waals surface area contributed by atoms with Crippen molar-refractivity contribution in [3.05, 3.63) is 63.2 Å². The first kappa shape index (κ1) is 17.7. The van der Waals surface area contributed by atoms with Crippen LogP contribution in [0, 0.1) is 17.0 Å². The van der Waals surface area contributed by atoms with Crippen molar-refractivity contribution < 1.29 is 14.5 Å². The lowest BCUT2D eigenvalue weighted by atomic mass is 10.1. The van der Waals surface area contributed by atoms with Gasteiger partial charge in [-0.3, -0.25) is 14.9 Å². The van der Waals surface area contributed by atoms with Crippen LogP contribution in [0.5, 0.6) is 5.75 Å². The minimum atomic E-state index is -0.718. The first-order valence-corrected chi connectivity index (χ1v) is 7.77. The zero-order valence-electron chi connectivity index (χ0n) is 13.3. The number of anilines is 1. The molecule has 0 unspecified atom stereocenters. The Balaban J connectivity index is 2.13. The summed E-state index contributed by atoms with van der Waals surface area (Å²) < 4.78 is 5.67. The van der Waals surface area contributed by atoms with Crippen LogP contribution < -0.4 is 10.1 Å². The van der Waals surface area contributed by atoms with Gasteiger partial charge >= 0.3 is 0 Å². The van der Waals surface area contributed by atoms with Gasteiger partial charge in [0, 0.05) is 11.1 Å². The molecule has 0 spiro atoms. The monoisotopic (exact) mass is 348 g/mol. The van der Waals surface area contributed by atoms with Crippen LogP contribution in [0.2, 0.25) is 5.02 Å². The fourth-order valence-electron chi connectivity index (χ4n) is 2.17. The molecule has 0 saturated carbocycles. The number of nitro groups is 1. The van der Waals surface area contributed by atoms with Crippen LogP contribution >= 0.6 is 11.6 Å². The van der Waals surface area contributed by atoms with Gasteiger partial charge in [-0.25, -0.2) is 0 Å². The highest BCUT2D eigenvalue weighted by Crippen LogP contribution is 2.25. The van der Waals surface area contributed by atoms with E-state index < -0.39 is 11.0 Å². The lowest BCUT2D eigenvalue weighted by molar-refractivity contribution is -0.385. The molecule has 0 radical (unpaired) electrons. The molecule has 0 aliphatic heterocycles. The van der Waals surface area contributed by atoms with Gasteiger partial charge in [0.2, 0.25) is 0 Å². The van der Waals surface area contributed by atoms with Crippen LogP contribution in [0.25, 0.3) is 0 Å². The van der Waals surface area contributed by atoms with E-state index in [9.17, 15) is 14.9 Å². The van der Waals surface area contributed by atoms with Gasteiger partial charge in [0.15, 0.2) is 6.10 Å². The summed E-state index contributed by atoms with van der Waals surface area (Å²) in [5, 5.41) is 14.2. The van der Waals surface area contributed by atoms with Gasteiger partial charge in [-0.15, -0.1) is 0 Å². The number of hydrogen-bond donors (Lipinski definition) is 1. The molecule has 24 heavy (non-hydrogen) atoms. The summed E-state index contributed by atoms with van der Waals surface area (Å²) in [7, 11) is 0. The molecule has 6 nitrogen and oxygen atoms in total. The molecule has 2 aromatic rings. The third-order valence-electron chi connectivity index (χ3n) is 3.51. The van der Waals surface area contributed by atoms with Gasteiger partial charge in [0.05, 0.1) is 16.2 Å². The van der Waals surface area contributed by atoms with Crippen molar-refractivity contribution in [2.45, 2.75) is 26.4 Å². The summed E-state index contributed by atoms with van der Waals surface area (Å²) in [6, 6.07) is 11.2.